The Morgan fingerprint density at radius 3 is 2.69 bits per heavy atom. The van der Waals surface area contributed by atoms with Gasteiger partial charge < -0.3 is 19.7 Å². The fraction of sp³-hybridized carbons (Fsp3) is 0.474. The predicted molar refractivity (Wildman–Crippen MR) is 110 cm³/mol. The molecule has 1 aliphatic heterocycles. The zero-order valence-corrected chi connectivity index (χ0v) is 17.3. The van der Waals surface area contributed by atoms with Gasteiger partial charge in [0.05, 0.1) is 6.54 Å². The normalized spacial score (nSPS) is 14.8. The second kappa shape index (κ2) is 8.58. The van der Waals surface area contributed by atoms with Crippen molar-refractivity contribution in [3.05, 3.63) is 46.3 Å². The highest BCUT2D eigenvalue weighted by Crippen LogP contribution is 2.18. The maximum absolute atomic E-state index is 4.62. The van der Waals surface area contributed by atoms with Crippen molar-refractivity contribution in [1.82, 2.24) is 19.8 Å². The van der Waals surface area contributed by atoms with E-state index in [2.05, 4.69) is 77.0 Å². The van der Waals surface area contributed by atoms with Crippen LogP contribution >= 0.6 is 15.9 Å². The lowest BCUT2D eigenvalue weighted by molar-refractivity contribution is 0.461. The first kappa shape index (κ1) is 18.8. The van der Waals surface area contributed by atoms with Crippen molar-refractivity contribution in [1.29, 1.82) is 0 Å². The van der Waals surface area contributed by atoms with Crippen molar-refractivity contribution >= 4 is 27.7 Å². The van der Waals surface area contributed by atoms with Gasteiger partial charge in [-0.3, -0.25) is 4.99 Å². The molecule has 0 unspecified atom stereocenters. The molecule has 3 rings (SSSR count). The van der Waals surface area contributed by atoms with Gasteiger partial charge in [0.1, 0.15) is 5.82 Å². The Balaban J connectivity index is 1.55. The summed E-state index contributed by atoms with van der Waals surface area (Å²) in [6.45, 7) is 3.74. The van der Waals surface area contributed by atoms with Gasteiger partial charge in [0.15, 0.2) is 5.96 Å². The van der Waals surface area contributed by atoms with Gasteiger partial charge in [0.2, 0.25) is 0 Å². The van der Waals surface area contributed by atoms with Gasteiger partial charge in [-0.2, -0.15) is 0 Å². The first-order valence-corrected chi connectivity index (χ1v) is 9.78. The van der Waals surface area contributed by atoms with E-state index in [4.69, 9.17) is 0 Å². The van der Waals surface area contributed by atoms with Crippen LogP contribution in [0.4, 0.5) is 5.82 Å². The Morgan fingerprint density at radius 1 is 1.35 bits per heavy atom. The van der Waals surface area contributed by atoms with Crippen molar-refractivity contribution in [2.75, 3.05) is 32.1 Å². The van der Waals surface area contributed by atoms with E-state index in [0.29, 0.717) is 6.54 Å². The monoisotopic (exact) mass is 418 g/mol. The summed E-state index contributed by atoms with van der Waals surface area (Å²) in [6, 6.07) is 6.40. The molecule has 1 aliphatic rings. The van der Waals surface area contributed by atoms with E-state index in [9.17, 15) is 0 Å². The van der Waals surface area contributed by atoms with Crippen molar-refractivity contribution < 1.29 is 0 Å². The zero-order chi connectivity index (χ0) is 18.5. The summed E-state index contributed by atoms with van der Waals surface area (Å²) in [6.07, 6.45) is 6.56. The molecule has 1 N–H and O–H groups in total. The maximum Gasteiger partial charge on any atom is 0.194 e. The third-order valence-electron chi connectivity index (χ3n) is 4.74. The molecule has 1 saturated heterocycles. The molecule has 7 heteroatoms. The van der Waals surface area contributed by atoms with Gasteiger partial charge in [-0.1, -0.05) is 6.07 Å². The third kappa shape index (κ3) is 4.58. The van der Waals surface area contributed by atoms with E-state index in [1.54, 1.807) is 0 Å². The van der Waals surface area contributed by atoms with Gasteiger partial charge >= 0.3 is 0 Å². The van der Waals surface area contributed by atoms with Crippen LogP contribution < -0.4 is 10.2 Å². The lowest BCUT2D eigenvalue weighted by atomic mass is 10.3. The first-order chi connectivity index (χ1) is 12.6. The van der Waals surface area contributed by atoms with Crippen LogP contribution in [0.25, 0.3) is 0 Å². The summed E-state index contributed by atoms with van der Waals surface area (Å²) < 4.78 is 3.21. The van der Waals surface area contributed by atoms with Crippen molar-refractivity contribution in [3.8, 4) is 0 Å². The van der Waals surface area contributed by atoms with E-state index < -0.39 is 0 Å². The molecule has 26 heavy (non-hydrogen) atoms. The van der Waals surface area contributed by atoms with Crippen LogP contribution in [-0.4, -0.2) is 47.6 Å². The number of aliphatic imine (C=N–C) groups is 1. The van der Waals surface area contributed by atoms with Crippen LogP contribution in [0.2, 0.25) is 0 Å². The minimum atomic E-state index is 0.709. The van der Waals surface area contributed by atoms with Crippen LogP contribution in [0.15, 0.2) is 40.1 Å². The molecule has 2 aromatic rings. The van der Waals surface area contributed by atoms with E-state index in [0.717, 1.165) is 41.4 Å². The smallest absolute Gasteiger partial charge is 0.194 e. The number of anilines is 1. The molecule has 6 nitrogen and oxygen atoms in total. The molecule has 0 aliphatic carbocycles. The van der Waals surface area contributed by atoms with Crippen LogP contribution in [0.3, 0.4) is 0 Å². The number of aryl methyl sites for hydroxylation is 1. The minimum absolute atomic E-state index is 0.709. The summed E-state index contributed by atoms with van der Waals surface area (Å²) in [5.74, 6) is 1.95. The van der Waals surface area contributed by atoms with Gasteiger partial charge in [-0.15, -0.1) is 0 Å². The van der Waals surface area contributed by atoms with Gasteiger partial charge in [-0.05, 0) is 46.5 Å². The van der Waals surface area contributed by atoms with Crippen molar-refractivity contribution in [2.24, 2.45) is 12.0 Å². The number of nitrogens with zero attached hydrogens (tertiary/aromatic N) is 5. The SMILES string of the molecule is CN=C(NCc1ccc(N2CCCC2)nc1)N(C)Cc1cc(Br)cn1C. The number of guanidine groups is 1. The number of halogens is 1. The van der Waals surface area contributed by atoms with Crippen LogP contribution in [0.1, 0.15) is 24.1 Å². The van der Waals surface area contributed by atoms with E-state index in [-0.39, 0.29) is 0 Å². The molecule has 2 aromatic heterocycles. The van der Waals surface area contributed by atoms with Gasteiger partial charge in [0, 0.05) is 63.3 Å². The molecule has 0 atom stereocenters. The lowest BCUT2D eigenvalue weighted by Crippen LogP contribution is -2.38. The molecule has 1 fully saturated rings. The molecular formula is C19H27BrN6. The third-order valence-corrected chi connectivity index (χ3v) is 5.17. The molecule has 0 saturated carbocycles. The maximum atomic E-state index is 4.62. The largest absolute Gasteiger partial charge is 0.357 e. The summed E-state index contributed by atoms with van der Waals surface area (Å²) in [5.41, 5.74) is 2.38. The standard InChI is InChI=1S/C19H27BrN6/c1-21-19(25(3)14-17-10-16(20)13-24(17)2)23-12-15-6-7-18(22-11-15)26-8-4-5-9-26/h6-7,10-11,13H,4-5,8-9,12,14H2,1-3H3,(H,21,23). The summed E-state index contributed by atoms with van der Waals surface area (Å²) in [5, 5.41) is 3.42. The molecule has 0 radical (unpaired) electrons. The number of hydrogen-bond donors (Lipinski definition) is 1. The summed E-state index contributed by atoms with van der Waals surface area (Å²) in [4.78, 5) is 13.5. The first-order valence-electron chi connectivity index (χ1n) is 8.99. The van der Waals surface area contributed by atoms with Crippen LogP contribution in [0.5, 0.6) is 0 Å². The Labute approximate surface area is 164 Å². The highest BCUT2D eigenvalue weighted by Gasteiger charge is 2.13. The van der Waals surface area contributed by atoms with E-state index >= 15 is 0 Å². The summed E-state index contributed by atoms with van der Waals surface area (Å²) in [7, 11) is 5.91. The second-order valence-corrected chi connectivity index (χ2v) is 7.65. The highest BCUT2D eigenvalue weighted by molar-refractivity contribution is 9.10. The molecule has 0 bridgehead atoms. The number of aromatic nitrogens is 2. The quantitative estimate of drug-likeness (QED) is 0.598. The Hall–Kier alpha value is -2.02. The fourth-order valence-electron chi connectivity index (χ4n) is 3.26. The second-order valence-electron chi connectivity index (χ2n) is 6.74. The van der Waals surface area contributed by atoms with Crippen LogP contribution in [0, 0.1) is 0 Å². The molecule has 0 spiro atoms. The highest BCUT2D eigenvalue weighted by atomic mass is 79.9. The predicted octanol–water partition coefficient (Wildman–Crippen LogP) is 2.99. The molecule has 0 aromatic carbocycles. The Morgan fingerprint density at radius 2 is 2.12 bits per heavy atom. The number of pyridine rings is 1. The van der Waals surface area contributed by atoms with Gasteiger partial charge in [0.25, 0.3) is 0 Å². The lowest BCUT2D eigenvalue weighted by Gasteiger charge is -2.22. The van der Waals surface area contributed by atoms with Crippen molar-refractivity contribution in [3.63, 3.8) is 0 Å². The molecular weight excluding hydrogens is 392 g/mol. The average molecular weight is 419 g/mol. The van der Waals surface area contributed by atoms with Crippen LogP contribution in [-0.2, 0) is 20.1 Å². The Bertz CT molecular complexity index is 746. The van der Waals surface area contributed by atoms with E-state index in [1.807, 2.05) is 20.3 Å². The van der Waals surface area contributed by atoms with E-state index in [1.165, 1.54) is 18.5 Å². The topological polar surface area (TPSA) is 48.7 Å². The zero-order valence-electron chi connectivity index (χ0n) is 15.7. The Kier molecular flexibility index (Phi) is 6.19. The van der Waals surface area contributed by atoms with Gasteiger partial charge in [-0.25, -0.2) is 4.98 Å². The minimum Gasteiger partial charge on any atom is -0.357 e. The van der Waals surface area contributed by atoms with Crippen molar-refractivity contribution in [2.45, 2.75) is 25.9 Å². The molecule has 3 heterocycles. The fourth-order valence-corrected chi connectivity index (χ4v) is 3.83. The number of hydrogen-bond acceptors (Lipinski definition) is 3. The molecule has 140 valence electrons. The molecule has 0 amide bonds. The average Bonchev–Trinajstić information content (AvgIpc) is 3.26. The summed E-state index contributed by atoms with van der Waals surface area (Å²) >= 11 is 3.52. The number of nitrogens with one attached hydrogen (secondary N) is 1. The number of rotatable bonds is 5.